The van der Waals surface area contributed by atoms with Crippen molar-refractivity contribution in [1.82, 2.24) is 5.01 Å². The summed E-state index contributed by atoms with van der Waals surface area (Å²) >= 11 is 0. The van der Waals surface area contributed by atoms with Gasteiger partial charge < -0.3 is 9.84 Å². The molecule has 0 saturated heterocycles. The topological polar surface area (TPSA) is 62.1 Å². The van der Waals surface area contributed by atoms with Gasteiger partial charge in [-0.05, 0) is 37.8 Å². The predicted octanol–water partition coefficient (Wildman–Crippen LogP) is 1.45. The van der Waals surface area contributed by atoms with Crippen molar-refractivity contribution in [2.24, 2.45) is 16.9 Å². The molecule has 3 atom stereocenters. The number of esters is 1. The monoisotopic (exact) mass is 276 g/mol. The average molecular weight is 276 g/mol. The summed E-state index contributed by atoms with van der Waals surface area (Å²) in [5.41, 5.74) is 0.493. The zero-order valence-corrected chi connectivity index (χ0v) is 12.0. The van der Waals surface area contributed by atoms with E-state index >= 15 is 0 Å². The number of ether oxygens (including phenoxy) is 1. The molecule has 108 valence electrons. The van der Waals surface area contributed by atoms with Crippen LogP contribution in [0, 0.1) is 11.8 Å². The van der Waals surface area contributed by atoms with Crippen LogP contribution in [0.2, 0.25) is 0 Å². The molecule has 2 heterocycles. The maximum absolute atomic E-state index is 12.1. The van der Waals surface area contributed by atoms with Gasteiger partial charge in [-0.15, -0.1) is 0 Å². The minimum absolute atomic E-state index is 0.118. The number of carbonyl (C=O) groups is 1. The van der Waals surface area contributed by atoms with E-state index in [9.17, 15) is 9.90 Å². The van der Waals surface area contributed by atoms with Gasteiger partial charge >= 0.3 is 5.97 Å². The van der Waals surface area contributed by atoms with E-state index in [1.807, 2.05) is 19.9 Å². The van der Waals surface area contributed by atoms with Crippen molar-refractivity contribution in [2.75, 3.05) is 7.11 Å². The predicted molar refractivity (Wildman–Crippen MR) is 74.8 cm³/mol. The molecule has 0 aromatic rings. The van der Waals surface area contributed by atoms with Crippen molar-refractivity contribution in [3.8, 4) is 0 Å². The van der Waals surface area contributed by atoms with Crippen LogP contribution in [0.25, 0.3) is 0 Å². The number of aliphatic hydroxyl groups is 1. The van der Waals surface area contributed by atoms with Crippen LogP contribution < -0.4 is 0 Å². The molecule has 0 bridgehead atoms. The molecule has 1 N–H and O–H groups in total. The summed E-state index contributed by atoms with van der Waals surface area (Å²) in [6.45, 7) is 3.82. The Bertz CT molecular complexity index is 529. The number of methoxy groups -OCH3 is 1. The van der Waals surface area contributed by atoms with Crippen molar-refractivity contribution in [3.05, 3.63) is 23.4 Å². The van der Waals surface area contributed by atoms with Gasteiger partial charge in [-0.2, -0.15) is 5.10 Å². The Labute approximate surface area is 118 Å². The smallest absolute Gasteiger partial charge is 0.336 e. The fourth-order valence-electron chi connectivity index (χ4n) is 3.48. The molecule has 2 aliphatic heterocycles. The van der Waals surface area contributed by atoms with E-state index in [4.69, 9.17) is 4.74 Å². The van der Waals surface area contributed by atoms with Crippen molar-refractivity contribution >= 4 is 12.2 Å². The Morgan fingerprint density at radius 3 is 2.85 bits per heavy atom. The Balaban J connectivity index is 2.02. The third-order valence-corrected chi connectivity index (χ3v) is 4.65. The maximum Gasteiger partial charge on any atom is 0.336 e. The molecule has 5 heteroatoms. The van der Waals surface area contributed by atoms with E-state index in [1.165, 1.54) is 7.11 Å². The zero-order valence-electron chi connectivity index (χ0n) is 12.0. The van der Waals surface area contributed by atoms with Gasteiger partial charge in [-0.3, -0.25) is 5.01 Å². The zero-order chi connectivity index (χ0) is 14.5. The van der Waals surface area contributed by atoms with E-state index in [1.54, 1.807) is 17.3 Å². The van der Waals surface area contributed by atoms with Crippen LogP contribution in [-0.4, -0.2) is 41.1 Å². The minimum atomic E-state index is -0.858. The lowest BCUT2D eigenvalue weighted by Crippen LogP contribution is -2.51. The van der Waals surface area contributed by atoms with Gasteiger partial charge in [0.2, 0.25) is 0 Å². The Morgan fingerprint density at radius 2 is 2.25 bits per heavy atom. The summed E-state index contributed by atoms with van der Waals surface area (Å²) in [4.78, 5) is 12.1. The number of hydrazone groups is 1. The summed E-state index contributed by atoms with van der Waals surface area (Å²) in [6, 6.07) is -0.222. The standard InChI is InChI=1S/C15H20N2O3/c1-9-12(14(18)20-3)11-5-4-8-16-17(11)13(9)15(2,19)10-6-7-10/h4-5,8-10,13,19H,6-7H2,1-3H3. The van der Waals surface area contributed by atoms with Crippen LogP contribution in [0.3, 0.4) is 0 Å². The van der Waals surface area contributed by atoms with E-state index in [-0.39, 0.29) is 23.8 Å². The van der Waals surface area contributed by atoms with Crippen LogP contribution >= 0.6 is 0 Å². The molecule has 0 radical (unpaired) electrons. The molecule has 20 heavy (non-hydrogen) atoms. The first-order valence-corrected chi connectivity index (χ1v) is 7.03. The van der Waals surface area contributed by atoms with Crippen LogP contribution in [-0.2, 0) is 9.53 Å². The minimum Gasteiger partial charge on any atom is -0.466 e. The van der Waals surface area contributed by atoms with E-state index < -0.39 is 5.60 Å². The number of carbonyl (C=O) groups excluding carboxylic acids is 1. The van der Waals surface area contributed by atoms with Crippen LogP contribution in [0.4, 0.5) is 0 Å². The van der Waals surface area contributed by atoms with Gasteiger partial charge in [0.1, 0.15) is 0 Å². The Morgan fingerprint density at radius 1 is 1.55 bits per heavy atom. The lowest BCUT2D eigenvalue weighted by atomic mass is 9.82. The summed E-state index contributed by atoms with van der Waals surface area (Å²) < 4.78 is 4.90. The number of hydrogen-bond acceptors (Lipinski definition) is 5. The largest absolute Gasteiger partial charge is 0.466 e. The summed E-state index contributed by atoms with van der Waals surface area (Å²) in [7, 11) is 1.38. The lowest BCUT2D eigenvalue weighted by Gasteiger charge is -2.38. The maximum atomic E-state index is 12.1. The normalized spacial score (nSPS) is 31.3. The number of hydrogen-bond donors (Lipinski definition) is 1. The highest BCUT2D eigenvalue weighted by molar-refractivity contribution is 5.92. The highest BCUT2D eigenvalue weighted by Crippen LogP contribution is 2.49. The average Bonchev–Trinajstić information content (AvgIpc) is 3.22. The van der Waals surface area contributed by atoms with E-state index in [0.717, 1.165) is 18.5 Å². The second-order valence-electron chi connectivity index (χ2n) is 5.99. The molecule has 1 fully saturated rings. The van der Waals surface area contributed by atoms with Gasteiger partial charge in [0.05, 0.1) is 30.0 Å². The van der Waals surface area contributed by atoms with E-state index in [2.05, 4.69) is 5.10 Å². The summed E-state index contributed by atoms with van der Waals surface area (Å²) in [5, 5.41) is 17.1. The summed E-state index contributed by atoms with van der Waals surface area (Å²) in [6.07, 6.45) is 7.42. The molecule has 3 unspecified atom stereocenters. The number of allylic oxidation sites excluding steroid dienone is 2. The summed E-state index contributed by atoms with van der Waals surface area (Å²) in [5.74, 6) is -0.171. The van der Waals surface area contributed by atoms with Crippen molar-refractivity contribution < 1.29 is 14.6 Å². The van der Waals surface area contributed by atoms with Crippen molar-refractivity contribution in [3.63, 3.8) is 0 Å². The molecule has 1 saturated carbocycles. The van der Waals surface area contributed by atoms with E-state index in [0.29, 0.717) is 5.57 Å². The first kappa shape index (κ1) is 13.4. The fraction of sp³-hybridized carbons (Fsp3) is 0.600. The van der Waals surface area contributed by atoms with Crippen LogP contribution in [0.15, 0.2) is 28.5 Å². The quantitative estimate of drug-likeness (QED) is 0.793. The Kier molecular flexibility index (Phi) is 2.97. The molecule has 3 rings (SSSR count). The highest BCUT2D eigenvalue weighted by Gasteiger charge is 2.55. The molecule has 0 spiro atoms. The first-order valence-electron chi connectivity index (χ1n) is 7.03. The van der Waals surface area contributed by atoms with Crippen molar-refractivity contribution in [1.29, 1.82) is 0 Å². The Hall–Kier alpha value is -1.62. The molecule has 3 aliphatic rings. The second-order valence-corrected chi connectivity index (χ2v) is 5.99. The molecular formula is C15H20N2O3. The van der Waals surface area contributed by atoms with Crippen LogP contribution in [0.1, 0.15) is 26.7 Å². The van der Waals surface area contributed by atoms with Crippen molar-refractivity contribution in [2.45, 2.75) is 38.3 Å². The van der Waals surface area contributed by atoms with Gasteiger partial charge in [-0.1, -0.05) is 6.92 Å². The third-order valence-electron chi connectivity index (χ3n) is 4.65. The van der Waals surface area contributed by atoms with Gasteiger partial charge in [0.25, 0.3) is 0 Å². The SMILES string of the molecule is COC(=O)C1=C2C=CC=NN2C(C(C)(O)C2CC2)C1C. The highest BCUT2D eigenvalue weighted by atomic mass is 16.5. The van der Waals surface area contributed by atoms with Gasteiger partial charge in [-0.25, -0.2) is 4.79 Å². The number of nitrogens with zero attached hydrogens (tertiary/aromatic N) is 2. The third kappa shape index (κ3) is 1.80. The van der Waals surface area contributed by atoms with Gasteiger partial charge in [0.15, 0.2) is 0 Å². The molecule has 0 aromatic heterocycles. The first-order chi connectivity index (χ1) is 9.48. The number of fused-ring (bicyclic) bond motifs is 1. The molecule has 5 nitrogen and oxygen atoms in total. The van der Waals surface area contributed by atoms with Crippen LogP contribution in [0.5, 0.6) is 0 Å². The molecule has 0 aromatic carbocycles. The molecule has 1 aliphatic carbocycles. The second kappa shape index (κ2) is 4.45. The molecular weight excluding hydrogens is 256 g/mol. The van der Waals surface area contributed by atoms with Gasteiger partial charge in [0, 0.05) is 12.1 Å². The fourth-order valence-corrected chi connectivity index (χ4v) is 3.48. The lowest BCUT2D eigenvalue weighted by molar-refractivity contribution is -0.136. The number of rotatable bonds is 3. The molecule has 0 amide bonds.